The fourth-order valence-electron chi connectivity index (χ4n) is 1.19. The Labute approximate surface area is 73.4 Å². The third-order valence-corrected chi connectivity index (χ3v) is 1.77. The minimum atomic E-state index is -0.971. The maximum Gasteiger partial charge on any atom is 0.352 e. The molecular weight excluding hydrogens is 170 g/mol. The molecule has 0 fully saturated rings. The summed E-state index contributed by atoms with van der Waals surface area (Å²) in [4.78, 5) is 13.4. The standard InChI is InChI=1S/C8H7N3O2/c12-8(13)7-6(1-2-9-7)5-3-10-11-4-5/h1-4,9H,(H,10,11)(H,12,13). The number of aromatic carboxylic acids is 1. The summed E-state index contributed by atoms with van der Waals surface area (Å²) in [5.74, 6) is -0.971. The number of carboxylic acids is 1. The highest BCUT2D eigenvalue weighted by atomic mass is 16.4. The predicted molar refractivity (Wildman–Crippen MR) is 45.3 cm³/mol. The van der Waals surface area contributed by atoms with Crippen molar-refractivity contribution in [2.75, 3.05) is 0 Å². The van der Waals surface area contributed by atoms with Crippen molar-refractivity contribution >= 4 is 5.97 Å². The van der Waals surface area contributed by atoms with E-state index in [1.807, 2.05) is 0 Å². The zero-order valence-electron chi connectivity index (χ0n) is 6.61. The second-order valence-electron chi connectivity index (χ2n) is 2.56. The van der Waals surface area contributed by atoms with Crippen molar-refractivity contribution in [1.82, 2.24) is 15.2 Å². The van der Waals surface area contributed by atoms with Crippen LogP contribution in [0.3, 0.4) is 0 Å². The largest absolute Gasteiger partial charge is 0.477 e. The molecule has 0 aliphatic rings. The molecule has 0 bridgehead atoms. The van der Waals surface area contributed by atoms with Crippen LogP contribution < -0.4 is 0 Å². The first-order valence-electron chi connectivity index (χ1n) is 3.69. The molecule has 0 spiro atoms. The quantitative estimate of drug-likeness (QED) is 0.642. The Morgan fingerprint density at radius 2 is 2.38 bits per heavy atom. The molecule has 0 saturated carbocycles. The van der Waals surface area contributed by atoms with Gasteiger partial charge in [0, 0.05) is 23.5 Å². The summed E-state index contributed by atoms with van der Waals surface area (Å²) < 4.78 is 0. The van der Waals surface area contributed by atoms with Gasteiger partial charge in [-0.3, -0.25) is 5.10 Å². The fraction of sp³-hybridized carbons (Fsp3) is 0. The summed E-state index contributed by atoms with van der Waals surface area (Å²) in [5.41, 5.74) is 1.58. The number of carbonyl (C=O) groups is 1. The van der Waals surface area contributed by atoms with Gasteiger partial charge in [-0.25, -0.2) is 4.79 Å². The van der Waals surface area contributed by atoms with Crippen LogP contribution in [0.25, 0.3) is 11.1 Å². The van der Waals surface area contributed by atoms with Crippen molar-refractivity contribution in [1.29, 1.82) is 0 Å². The van der Waals surface area contributed by atoms with E-state index in [-0.39, 0.29) is 5.69 Å². The van der Waals surface area contributed by atoms with E-state index in [0.717, 1.165) is 5.56 Å². The molecule has 0 atom stereocenters. The highest BCUT2D eigenvalue weighted by Crippen LogP contribution is 2.21. The number of H-pyrrole nitrogens is 2. The van der Waals surface area contributed by atoms with E-state index in [1.165, 1.54) is 0 Å². The molecule has 0 aromatic carbocycles. The smallest absolute Gasteiger partial charge is 0.352 e. The van der Waals surface area contributed by atoms with Gasteiger partial charge in [-0.05, 0) is 6.07 Å². The van der Waals surface area contributed by atoms with Gasteiger partial charge >= 0.3 is 5.97 Å². The van der Waals surface area contributed by atoms with E-state index < -0.39 is 5.97 Å². The van der Waals surface area contributed by atoms with Crippen LogP contribution >= 0.6 is 0 Å². The summed E-state index contributed by atoms with van der Waals surface area (Å²) >= 11 is 0. The minimum absolute atomic E-state index is 0.182. The van der Waals surface area contributed by atoms with E-state index >= 15 is 0 Å². The number of aromatic amines is 2. The molecule has 0 amide bonds. The summed E-state index contributed by atoms with van der Waals surface area (Å²) in [6.07, 6.45) is 4.82. The number of rotatable bonds is 2. The van der Waals surface area contributed by atoms with Crippen molar-refractivity contribution in [3.05, 3.63) is 30.4 Å². The summed E-state index contributed by atoms with van der Waals surface area (Å²) in [6, 6.07) is 1.70. The van der Waals surface area contributed by atoms with Crippen LogP contribution in [0.15, 0.2) is 24.7 Å². The van der Waals surface area contributed by atoms with Crippen LogP contribution in [0.4, 0.5) is 0 Å². The molecule has 0 unspecified atom stereocenters. The molecule has 2 rings (SSSR count). The molecule has 5 nitrogen and oxygen atoms in total. The zero-order valence-corrected chi connectivity index (χ0v) is 6.61. The third kappa shape index (κ3) is 1.20. The Kier molecular flexibility index (Phi) is 1.63. The van der Waals surface area contributed by atoms with Crippen molar-refractivity contribution in [2.24, 2.45) is 0 Å². The maximum atomic E-state index is 10.7. The minimum Gasteiger partial charge on any atom is -0.477 e. The lowest BCUT2D eigenvalue weighted by atomic mass is 10.1. The van der Waals surface area contributed by atoms with Gasteiger partial charge in [0.1, 0.15) is 5.69 Å². The van der Waals surface area contributed by atoms with Gasteiger partial charge in [0.2, 0.25) is 0 Å². The molecule has 13 heavy (non-hydrogen) atoms. The number of nitrogens with zero attached hydrogens (tertiary/aromatic N) is 1. The van der Waals surface area contributed by atoms with Gasteiger partial charge in [-0.15, -0.1) is 0 Å². The molecule has 2 aromatic heterocycles. The summed E-state index contributed by atoms with van der Waals surface area (Å²) in [7, 11) is 0. The van der Waals surface area contributed by atoms with Gasteiger partial charge in [-0.2, -0.15) is 5.10 Å². The molecule has 5 heteroatoms. The monoisotopic (exact) mass is 177 g/mol. The topological polar surface area (TPSA) is 81.8 Å². The van der Waals surface area contributed by atoms with Crippen LogP contribution in [0, 0.1) is 0 Å². The lowest BCUT2D eigenvalue weighted by Gasteiger charge is -1.94. The van der Waals surface area contributed by atoms with Crippen LogP contribution in [0.1, 0.15) is 10.5 Å². The second kappa shape index (κ2) is 2.78. The molecule has 0 radical (unpaired) electrons. The van der Waals surface area contributed by atoms with Gasteiger partial charge in [0.25, 0.3) is 0 Å². The zero-order chi connectivity index (χ0) is 9.26. The number of hydrogen-bond donors (Lipinski definition) is 3. The van der Waals surface area contributed by atoms with E-state index in [9.17, 15) is 4.79 Å². The number of carboxylic acid groups (broad SMARTS) is 1. The molecule has 3 N–H and O–H groups in total. The first-order chi connectivity index (χ1) is 6.29. The molecule has 2 heterocycles. The van der Waals surface area contributed by atoms with E-state index in [4.69, 9.17) is 5.11 Å². The van der Waals surface area contributed by atoms with E-state index in [2.05, 4.69) is 15.2 Å². The second-order valence-corrected chi connectivity index (χ2v) is 2.56. The van der Waals surface area contributed by atoms with Crippen molar-refractivity contribution in [3.8, 4) is 11.1 Å². The average Bonchev–Trinajstić information content (AvgIpc) is 2.74. The first kappa shape index (κ1) is 7.60. The van der Waals surface area contributed by atoms with Gasteiger partial charge in [0.05, 0.1) is 6.20 Å². The van der Waals surface area contributed by atoms with Crippen LogP contribution in [0.2, 0.25) is 0 Å². The molecule has 0 aliphatic carbocycles. The highest BCUT2D eigenvalue weighted by molar-refractivity contribution is 5.93. The molecule has 66 valence electrons. The number of hydrogen-bond acceptors (Lipinski definition) is 2. The van der Waals surface area contributed by atoms with Crippen LogP contribution in [0.5, 0.6) is 0 Å². The normalized spacial score (nSPS) is 10.2. The average molecular weight is 177 g/mol. The van der Waals surface area contributed by atoms with Gasteiger partial charge < -0.3 is 10.1 Å². The lowest BCUT2D eigenvalue weighted by molar-refractivity contribution is 0.0692. The Hall–Kier alpha value is -2.04. The van der Waals surface area contributed by atoms with E-state index in [1.54, 1.807) is 24.7 Å². The van der Waals surface area contributed by atoms with Crippen molar-refractivity contribution in [2.45, 2.75) is 0 Å². The molecule has 2 aromatic rings. The lowest BCUT2D eigenvalue weighted by Crippen LogP contribution is -1.97. The Balaban J connectivity index is 2.52. The van der Waals surface area contributed by atoms with Crippen LogP contribution in [-0.2, 0) is 0 Å². The molecule has 0 saturated heterocycles. The van der Waals surface area contributed by atoms with Crippen molar-refractivity contribution < 1.29 is 9.90 Å². The van der Waals surface area contributed by atoms with E-state index in [0.29, 0.717) is 5.56 Å². The fourth-order valence-corrected chi connectivity index (χ4v) is 1.19. The molecule has 0 aliphatic heterocycles. The predicted octanol–water partition coefficient (Wildman–Crippen LogP) is 1.10. The SMILES string of the molecule is O=C(O)c1[nH]ccc1-c1cn[nH]c1. The van der Waals surface area contributed by atoms with Gasteiger partial charge in [0.15, 0.2) is 0 Å². The molecular formula is C8H7N3O2. The Bertz CT molecular complexity index is 416. The van der Waals surface area contributed by atoms with Crippen LogP contribution in [-0.4, -0.2) is 26.3 Å². The Morgan fingerprint density at radius 1 is 1.54 bits per heavy atom. The maximum absolute atomic E-state index is 10.7. The number of aromatic nitrogens is 3. The van der Waals surface area contributed by atoms with Gasteiger partial charge in [-0.1, -0.05) is 0 Å². The Morgan fingerprint density at radius 3 is 3.00 bits per heavy atom. The summed E-state index contributed by atoms with van der Waals surface area (Å²) in [5, 5.41) is 15.2. The van der Waals surface area contributed by atoms with Crippen molar-refractivity contribution in [3.63, 3.8) is 0 Å². The third-order valence-electron chi connectivity index (χ3n) is 1.77. The number of nitrogens with one attached hydrogen (secondary N) is 2. The summed E-state index contributed by atoms with van der Waals surface area (Å²) in [6.45, 7) is 0. The highest BCUT2D eigenvalue weighted by Gasteiger charge is 2.12. The first-order valence-corrected chi connectivity index (χ1v) is 3.69.